The molecule has 0 atom stereocenters. The maximum atomic E-state index is 5.35. The summed E-state index contributed by atoms with van der Waals surface area (Å²) in [5.74, 6) is 2.85. The second-order valence-electron chi connectivity index (χ2n) is 5.76. The van der Waals surface area contributed by atoms with Crippen molar-refractivity contribution in [1.29, 1.82) is 0 Å². The van der Waals surface area contributed by atoms with Crippen LogP contribution < -0.4 is 15.4 Å². The number of hydrogen-bond donors (Lipinski definition) is 2. The van der Waals surface area contributed by atoms with Gasteiger partial charge < -0.3 is 15.4 Å². The average molecular weight is 315 g/mol. The summed E-state index contributed by atoms with van der Waals surface area (Å²) in [7, 11) is 1.69. The van der Waals surface area contributed by atoms with Crippen molar-refractivity contribution in [2.75, 3.05) is 30.8 Å². The second kappa shape index (κ2) is 8.92. The lowest BCUT2D eigenvalue weighted by atomic mass is 10.1. The summed E-state index contributed by atoms with van der Waals surface area (Å²) in [6, 6.07) is 8.00. The van der Waals surface area contributed by atoms with Gasteiger partial charge in [-0.05, 0) is 30.4 Å². The number of anilines is 2. The Labute approximate surface area is 137 Å². The molecule has 1 heterocycles. The first kappa shape index (κ1) is 17.0. The second-order valence-corrected chi connectivity index (χ2v) is 5.76. The zero-order valence-electron chi connectivity index (χ0n) is 14.0. The molecule has 0 unspecified atom stereocenters. The Morgan fingerprint density at radius 1 is 1.13 bits per heavy atom. The SMILES string of the molecule is COc1ccccc1CCNc1nncc(NCCC(C)C)n1. The van der Waals surface area contributed by atoms with Crippen molar-refractivity contribution in [3.63, 3.8) is 0 Å². The van der Waals surface area contributed by atoms with E-state index in [4.69, 9.17) is 4.74 Å². The largest absolute Gasteiger partial charge is 0.496 e. The van der Waals surface area contributed by atoms with Gasteiger partial charge in [0.2, 0.25) is 5.95 Å². The molecule has 0 radical (unpaired) electrons. The molecule has 6 nitrogen and oxygen atoms in total. The molecule has 6 heteroatoms. The Kier molecular flexibility index (Phi) is 6.59. The first-order valence-electron chi connectivity index (χ1n) is 7.98. The van der Waals surface area contributed by atoms with Crippen molar-refractivity contribution in [2.24, 2.45) is 5.92 Å². The van der Waals surface area contributed by atoms with E-state index < -0.39 is 0 Å². The number of hydrogen-bond acceptors (Lipinski definition) is 6. The fraction of sp³-hybridized carbons (Fsp3) is 0.471. The molecule has 124 valence electrons. The number of para-hydroxylation sites is 1. The van der Waals surface area contributed by atoms with Gasteiger partial charge in [0.1, 0.15) is 11.6 Å². The lowest BCUT2D eigenvalue weighted by molar-refractivity contribution is 0.410. The van der Waals surface area contributed by atoms with E-state index >= 15 is 0 Å². The number of ether oxygens (including phenoxy) is 1. The number of nitrogens with zero attached hydrogens (tertiary/aromatic N) is 3. The maximum Gasteiger partial charge on any atom is 0.244 e. The number of methoxy groups -OCH3 is 1. The summed E-state index contributed by atoms with van der Waals surface area (Å²) in [6.45, 7) is 6.00. The van der Waals surface area contributed by atoms with E-state index in [1.54, 1.807) is 13.3 Å². The molecule has 0 spiro atoms. The summed E-state index contributed by atoms with van der Waals surface area (Å²) >= 11 is 0. The number of nitrogens with one attached hydrogen (secondary N) is 2. The first-order valence-corrected chi connectivity index (χ1v) is 7.98. The van der Waals surface area contributed by atoms with Crippen molar-refractivity contribution in [3.05, 3.63) is 36.0 Å². The molecular weight excluding hydrogens is 290 g/mol. The van der Waals surface area contributed by atoms with Crippen LogP contribution in [0.15, 0.2) is 30.5 Å². The molecule has 2 rings (SSSR count). The normalized spacial score (nSPS) is 10.6. The Balaban J connectivity index is 1.83. The molecular formula is C17H25N5O. The molecule has 0 saturated carbocycles. The summed E-state index contributed by atoms with van der Waals surface area (Å²) < 4.78 is 5.35. The smallest absolute Gasteiger partial charge is 0.244 e. The molecule has 0 amide bonds. The Hall–Kier alpha value is -2.37. The molecule has 0 fully saturated rings. The van der Waals surface area contributed by atoms with E-state index in [0.717, 1.165) is 43.1 Å². The highest BCUT2D eigenvalue weighted by molar-refractivity contribution is 5.38. The van der Waals surface area contributed by atoms with E-state index in [1.165, 1.54) is 0 Å². The summed E-state index contributed by atoms with van der Waals surface area (Å²) in [6.07, 6.45) is 3.57. The van der Waals surface area contributed by atoms with Gasteiger partial charge in [-0.15, -0.1) is 5.10 Å². The predicted molar refractivity (Wildman–Crippen MR) is 93.0 cm³/mol. The van der Waals surface area contributed by atoms with Crippen LogP contribution in [0.4, 0.5) is 11.8 Å². The predicted octanol–water partition coefficient (Wildman–Crippen LogP) is 2.99. The van der Waals surface area contributed by atoms with Crippen molar-refractivity contribution in [1.82, 2.24) is 15.2 Å². The summed E-state index contributed by atoms with van der Waals surface area (Å²) in [5, 5.41) is 14.5. The van der Waals surface area contributed by atoms with Gasteiger partial charge in [0.05, 0.1) is 13.3 Å². The van der Waals surface area contributed by atoms with Gasteiger partial charge in [-0.2, -0.15) is 10.1 Å². The molecule has 2 aromatic rings. The quantitative estimate of drug-likeness (QED) is 0.741. The van der Waals surface area contributed by atoms with Gasteiger partial charge in [-0.25, -0.2) is 0 Å². The molecule has 23 heavy (non-hydrogen) atoms. The van der Waals surface area contributed by atoms with Crippen LogP contribution in [0.2, 0.25) is 0 Å². The van der Waals surface area contributed by atoms with Crippen LogP contribution in [-0.2, 0) is 6.42 Å². The molecule has 1 aromatic heterocycles. The van der Waals surface area contributed by atoms with Crippen LogP contribution in [-0.4, -0.2) is 35.4 Å². The zero-order valence-corrected chi connectivity index (χ0v) is 14.0. The van der Waals surface area contributed by atoms with Gasteiger partial charge >= 0.3 is 0 Å². The highest BCUT2D eigenvalue weighted by Gasteiger charge is 2.03. The van der Waals surface area contributed by atoms with Gasteiger partial charge in [0.25, 0.3) is 0 Å². The van der Waals surface area contributed by atoms with E-state index in [2.05, 4.69) is 45.7 Å². The van der Waals surface area contributed by atoms with Gasteiger partial charge in [0.15, 0.2) is 0 Å². The minimum Gasteiger partial charge on any atom is -0.496 e. The standard InChI is InChI=1S/C17H25N5O/c1-13(2)8-10-18-16-12-20-22-17(21-16)19-11-9-14-6-4-5-7-15(14)23-3/h4-7,12-13H,8-11H2,1-3H3,(H2,18,19,21,22). The Morgan fingerprint density at radius 3 is 2.74 bits per heavy atom. The average Bonchev–Trinajstić information content (AvgIpc) is 2.55. The van der Waals surface area contributed by atoms with Crippen LogP contribution in [0.3, 0.4) is 0 Å². The third-order valence-corrected chi connectivity index (χ3v) is 3.46. The number of benzene rings is 1. The van der Waals surface area contributed by atoms with Crippen LogP contribution in [0.5, 0.6) is 5.75 Å². The molecule has 0 saturated heterocycles. The fourth-order valence-corrected chi connectivity index (χ4v) is 2.17. The monoisotopic (exact) mass is 315 g/mol. The van der Waals surface area contributed by atoms with Crippen molar-refractivity contribution in [3.8, 4) is 5.75 Å². The Morgan fingerprint density at radius 2 is 1.96 bits per heavy atom. The molecule has 1 aromatic carbocycles. The zero-order chi connectivity index (χ0) is 16.5. The third-order valence-electron chi connectivity index (χ3n) is 3.46. The van der Waals surface area contributed by atoms with Gasteiger partial charge in [-0.3, -0.25) is 0 Å². The van der Waals surface area contributed by atoms with Crippen LogP contribution >= 0.6 is 0 Å². The lowest BCUT2D eigenvalue weighted by Crippen LogP contribution is -2.12. The lowest BCUT2D eigenvalue weighted by Gasteiger charge is -2.10. The minimum atomic E-state index is 0.537. The molecule has 0 aliphatic carbocycles. The molecule has 0 bridgehead atoms. The van der Waals surface area contributed by atoms with Crippen molar-refractivity contribution < 1.29 is 4.74 Å². The molecule has 0 aliphatic heterocycles. The third kappa shape index (κ3) is 5.73. The summed E-state index contributed by atoms with van der Waals surface area (Å²) in [5.41, 5.74) is 1.15. The molecule has 0 aliphatic rings. The highest BCUT2D eigenvalue weighted by atomic mass is 16.5. The Bertz CT molecular complexity index is 603. The van der Waals surface area contributed by atoms with E-state index in [0.29, 0.717) is 11.9 Å². The molecule has 2 N–H and O–H groups in total. The fourth-order valence-electron chi connectivity index (χ4n) is 2.17. The first-order chi connectivity index (χ1) is 11.2. The number of rotatable bonds is 9. The van der Waals surface area contributed by atoms with E-state index in [9.17, 15) is 0 Å². The van der Waals surface area contributed by atoms with Crippen molar-refractivity contribution >= 4 is 11.8 Å². The van der Waals surface area contributed by atoms with Crippen LogP contribution in [0.1, 0.15) is 25.8 Å². The number of aromatic nitrogens is 3. The van der Waals surface area contributed by atoms with Gasteiger partial charge in [-0.1, -0.05) is 32.0 Å². The van der Waals surface area contributed by atoms with E-state index in [-0.39, 0.29) is 0 Å². The summed E-state index contributed by atoms with van der Waals surface area (Å²) in [4.78, 5) is 4.42. The van der Waals surface area contributed by atoms with Crippen molar-refractivity contribution in [2.45, 2.75) is 26.7 Å². The van der Waals surface area contributed by atoms with Crippen LogP contribution in [0, 0.1) is 5.92 Å². The van der Waals surface area contributed by atoms with Gasteiger partial charge in [0, 0.05) is 13.1 Å². The topological polar surface area (TPSA) is 72.0 Å². The minimum absolute atomic E-state index is 0.537. The van der Waals surface area contributed by atoms with Crippen LogP contribution in [0.25, 0.3) is 0 Å². The maximum absolute atomic E-state index is 5.35. The van der Waals surface area contributed by atoms with E-state index in [1.807, 2.05) is 18.2 Å². The highest BCUT2D eigenvalue weighted by Crippen LogP contribution is 2.17.